The van der Waals surface area contributed by atoms with E-state index in [0.29, 0.717) is 31.7 Å². The molecule has 7 heteroatoms. The normalized spacial score (nSPS) is 14.6. The van der Waals surface area contributed by atoms with Gasteiger partial charge in [0.1, 0.15) is 11.5 Å². The van der Waals surface area contributed by atoms with E-state index in [1.807, 2.05) is 24.3 Å². The van der Waals surface area contributed by atoms with Gasteiger partial charge < -0.3 is 19.3 Å². The minimum absolute atomic E-state index is 0.0440. The molecule has 28 heavy (non-hydrogen) atoms. The molecule has 0 aliphatic carbocycles. The molecule has 0 spiro atoms. The monoisotopic (exact) mass is 388 g/mol. The maximum absolute atomic E-state index is 12.5. The molecule has 1 aliphatic heterocycles. The Labute approximate surface area is 162 Å². The van der Waals surface area contributed by atoms with E-state index in [4.69, 9.17) is 4.74 Å². The second-order valence-electron chi connectivity index (χ2n) is 6.23. The summed E-state index contributed by atoms with van der Waals surface area (Å²) in [4.78, 5) is 16.4. The number of rotatable bonds is 6. The predicted molar refractivity (Wildman–Crippen MR) is 104 cm³/mol. The highest BCUT2D eigenvalue weighted by molar-refractivity contribution is 5.92. The molecule has 0 saturated carbocycles. The number of benzene rings is 2. The summed E-state index contributed by atoms with van der Waals surface area (Å²) in [5, 5.41) is 0. The van der Waals surface area contributed by atoms with Crippen molar-refractivity contribution >= 4 is 17.7 Å². The number of alkyl halides is 2. The quantitative estimate of drug-likeness (QED) is 0.709. The molecule has 3 rings (SSSR count). The topological polar surface area (TPSA) is 42.0 Å². The third-order valence-electron chi connectivity index (χ3n) is 4.56. The third kappa shape index (κ3) is 4.79. The molecule has 1 fully saturated rings. The number of carbonyl (C=O) groups excluding carboxylic acids is 1. The Balaban J connectivity index is 1.61. The Bertz CT molecular complexity index is 834. The Morgan fingerprint density at radius 2 is 1.64 bits per heavy atom. The molecule has 2 aromatic carbocycles. The van der Waals surface area contributed by atoms with Crippen LogP contribution in [-0.4, -0.2) is 50.7 Å². The molecule has 1 amide bonds. The van der Waals surface area contributed by atoms with Gasteiger partial charge in [0.2, 0.25) is 5.91 Å². The van der Waals surface area contributed by atoms with E-state index in [2.05, 4.69) is 9.64 Å². The number of hydrogen-bond acceptors (Lipinski definition) is 4. The van der Waals surface area contributed by atoms with Crippen molar-refractivity contribution in [1.82, 2.24) is 4.90 Å². The van der Waals surface area contributed by atoms with Gasteiger partial charge in [-0.3, -0.25) is 4.79 Å². The Morgan fingerprint density at radius 3 is 2.32 bits per heavy atom. The lowest BCUT2D eigenvalue weighted by atomic mass is 10.2. The van der Waals surface area contributed by atoms with E-state index < -0.39 is 6.61 Å². The highest BCUT2D eigenvalue weighted by Crippen LogP contribution is 2.28. The highest BCUT2D eigenvalue weighted by Gasteiger charge is 2.21. The van der Waals surface area contributed by atoms with Crippen LogP contribution in [0.5, 0.6) is 11.5 Å². The Kier molecular flexibility index (Phi) is 6.47. The van der Waals surface area contributed by atoms with Crippen LogP contribution < -0.4 is 14.4 Å². The van der Waals surface area contributed by atoms with Crippen molar-refractivity contribution in [2.45, 2.75) is 6.61 Å². The van der Waals surface area contributed by atoms with Gasteiger partial charge in [0.15, 0.2) is 0 Å². The smallest absolute Gasteiger partial charge is 0.387 e. The molecule has 2 aromatic rings. The number of amides is 1. The Hall–Kier alpha value is -3.09. The van der Waals surface area contributed by atoms with Gasteiger partial charge in [-0.1, -0.05) is 30.3 Å². The van der Waals surface area contributed by atoms with Gasteiger partial charge in [0, 0.05) is 37.8 Å². The van der Waals surface area contributed by atoms with Crippen LogP contribution in [-0.2, 0) is 4.79 Å². The van der Waals surface area contributed by atoms with E-state index in [1.165, 1.54) is 18.2 Å². The molecule has 0 unspecified atom stereocenters. The molecule has 5 nitrogen and oxygen atoms in total. The standard InChI is InChI=1S/C21H22F2N2O3/c1-27-19-9-5-3-7-17(19)24-12-14-25(15-13-24)20(26)11-10-16-6-2-4-8-18(16)28-21(22)23/h2-11,21H,12-15H2,1H3/b11-10+. The lowest BCUT2D eigenvalue weighted by molar-refractivity contribution is -0.126. The number of anilines is 1. The van der Waals surface area contributed by atoms with E-state index in [1.54, 1.807) is 30.2 Å². The van der Waals surface area contributed by atoms with Crippen LogP contribution in [0.1, 0.15) is 5.56 Å². The summed E-state index contributed by atoms with van der Waals surface area (Å²) in [6.45, 7) is -0.406. The first-order valence-corrected chi connectivity index (χ1v) is 8.97. The fourth-order valence-electron chi connectivity index (χ4n) is 3.15. The molecule has 1 heterocycles. The number of ether oxygens (including phenoxy) is 2. The summed E-state index contributed by atoms with van der Waals surface area (Å²) >= 11 is 0. The first-order chi connectivity index (χ1) is 13.6. The van der Waals surface area contributed by atoms with E-state index in [0.717, 1.165) is 11.4 Å². The molecule has 0 bridgehead atoms. The predicted octanol–water partition coefficient (Wildman–Crippen LogP) is 3.66. The number of hydrogen-bond donors (Lipinski definition) is 0. The van der Waals surface area contributed by atoms with Gasteiger partial charge in [-0.15, -0.1) is 0 Å². The van der Waals surface area contributed by atoms with Crippen LogP contribution >= 0.6 is 0 Å². The number of para-hydroxylation sites is 3. The van der Waals surface area contributed by atoms with Gasteiger partial charge in [-0.05, 0) is 24.3 Å². The lowest BCUT2D eigenvalue weighted by Crippen LogP contribution is -2.48. The molecular formula is C21H22F2N2O3. The van der Waals surface area contributed by atoms with Crippen molar-refractivity contribution < 1.29 is 23.0 Å². The summed E-state index contributed by atoms with van der Waals surface area (Å²) in [5.41, 5.74) is 1.44. The maximum atomic E-state index is 12.5. The molecule has 0 N–H and O–H groups in total. The van der Waals surface area contributed by atoms with Crippen LogP contribution in [0, 0.1) is 0 Å². The van der Waals surface area contributed by atoms with Gasteiger partial charge >= 0.3 is 6.61 Å². The van der Waals surface area contributed by atoms with Gasteiger partial charge in [-0.2, -0.15) is 8.78 Å². The maximum Gasteiger partial charge on any atom is 0.387 e. The second kappa shape index (κ2) is 9.21. The highest BCUT2D eigenvalue weighted by atomic mass is 19.3. The van der Waals surface area contributed by atoms with Crippen LogP contribution in [0.4, 0.5) is 14.5 Å². The van der Waals surface area contributed by atoms with Gasteiger partial charge in [0.25, 0.3) is 0 Å². The van der Waals surface area contributed by atoms with Crippen molar-refractivity contribution in [3.05, 3.63) is 60.2 Å². The molecule has 0 radical (unpaired) electrons. The molecule has 0 aromatic heterocycles. The SMILES string of the molecule is COc1ccccc1N1CCN(C(=O)/C=C/c2ccccc2OC(F)F)CC1. The minimum Gasteiger partial charge on any atom is -0.495 e. The first-order valence-electron chi connectivity index (χ1n) is 8.97. The number of nitrogens with zero attached hydrogens (tertiary/aromatic N) is 2. The van der Waals surface area contributed by atoms with Crippen LogP contribution in [0.15, 0.2) is 54.6 Å². The minimum atomic E-state index is -2.91. The second-order valence-corrected chi connectivity index (χ2v) is 6.23. The van der Waals surface area contributed by atoms with Crippen molar-refractivity contribution in [2.75, 3.05) is 38.2 Å². The summed E-state index contributed by atoms with van der Waals surface area (Å²) in [6, 6.07) is 14.2. The van der Waals surface area contributed by atoms with Crippen molar-refractivity contribution in [3.63, 3.8) is 0 Å². The van der Waals surface area contributed by atoms with Crippen LogP contribution in [0.3, 0.4) is 0 Å². The number of halogens is 2. The fraction of sp³-hybridized carbons (Fsp3) is 0.286. The molecular weight excluding hydrogens is 366 g/mol. The zero-order valence-corrected chi connectivity index (χ0v) is 15.6. The zero-order valence-electron chi connectivity index (χ0n) is 15.6. The summed E-state index contributed by atoms with van der Waals surface area (Å²) in [6.07, 6.45) is 2.90. The summed E-state index contributed by atoms with van der Waals surface area (Å²) in [5.74, 6) is 0.687. The van der Waals surface area contributed by atoms with E-state index >= 15 is 0 Å². The molecule has 1 saturated heterocycles. The summed E-state index contributed by atoms with van der Waals surface area (Å²) < 4.78 is 34.9. The first kappa shape index (κ1) is 19.7. The average molecular weight is 388 g/mol. The van der Waals surface area contributed by atoms with E-state index in [-0.39, 0.29) is 11.7 Å². The van der Waals surface area contributed by atoms with Crippen molar-refractivity contribution in [1.29, 1.82) is 0 Å². The van der Waals surface area contributed by atoms with Crippen LogP contribution in [0.2, 0.25) is 0 Å². The number of methoxy groups -OCH3 is 1. The van der Waals surface area contributed by atoms with Gasteiger partial charge in [0.05, 0.1) is 12.8 Å². The third-order valence-corrected chi connectivity index (χ3v) is 4.56. The van der Waals surface area contributed by atoms with Crippen molar-refractivity contribution in [2.24, 2.45) is 0 Å². The van der Waals surface area contributed by atoms with Gasteiger partial charge in [-0.25, -0.2) is 0 Å². The fourth-order valence-corrected chi connectivity index (χ4v) is 3.15. The number of piperazine rings is 1. The molecule has 0 atom stereocenters. The van der Waals surface area contributed by atoms with E-state index in [9.17, 15) is 13.6 Å². The largest absolute Gasteiger partial charge is 0.495 e. The lowest BCUT2D eigenvalue weighted by Gasteiger charge is -2.36. The molecule has 148 valence electrons. The summed E-state index contributed by atoms with van der Waals surface area (Å²) in [7, 11) is 1.64. The molecule has 1 aliphatic rings. The average Bonchev–Trinajstić information content (AvgIpc) is 2.72. The number of carbonyl (C=O) groups is 1. The van der Waals surface area contributed by atoms with Crippen molar-refractivity contribution in [3.8, 4) is 11.5 Å². The van der Waals surface area contributed by atoms with Crippen LogP contribution in [0.25, 0.3) is 6.08 Å². The zero-order chi connectivity index (χ0) is 19.9. The Morgan fingerprint density at radius 1 is 1.00 bits per heavy atom.